The van der Waals surface area contributed by atoms with Gasteiger partial charge in [-0.2, -0.15) is 0 Å². The first kappa shape index (κ1) is 17.3. The molecule has 0 unspecified atom stereocenters. The summed E-state index contributed by atoms with van der Waals surface area (Å²) in [5.41, 5.74) is 5.74. The summed E-state index contributed by atoms with van der Waals surface area (Å²) >= 11 is 0. The van der Waals surface area contributed by atoms with E-state index in [2.05, 4.69) is 4.90 Å². The van der Waals surface area contributed by atoms with Crippen LogP contribution in [-0.2, 0) is 9.47 Å². The Labute approximate surface area is 144 Å². The number of guanidine groups is 1. The smallest absolute Gasteiger partial charge is 0.410 e. The summed E-state index contributed by atoms with van der Waals surface area (Å²) in [6, 6.07) is 0.305. The molecule has 0 aromatic carbocycles. The van der Waals surface area contributed by atoms with Crippen LogP contribution in [0.15, 0.2) is 4.99 Å². The van der Waals surface area contributed by atoms with Crippen molar-refractivity contribution in [2.45, 2.75) is 57.8 Å². The number of amides is 1. The van der Waals surface area contributed by atoms with Crippen molar-refractivity contribution in [2.24, 2.45) is 16.6 Å². The maximum Gasteiger partial charge on any atom is 0.410 e. The van der Waals surface area contributed by atoms with Crippen molar-refractivity contribution < 1.29 is 14.3 Å². The van der Waals surface area contributed by atoms with Gasteiger partial charge in [0.25, 0.3) is 0 Å². The van der Waals surface area contributed by atoms with E-state index in [1.165, 1.54) is 6.42 Å². The highest BCUT2D eigenvalue weighted by atomic mass is 16.6. The third-order valence-electron chi connectivity index (χ3n) is 5.01. The largest absolute Gasteiger partial charge is 0.444 e. The van der Waals surface area contributed by atoms with Crippen LogP contribution in [0.1, 0.15) is 40.0 Å². The molecule has 1 aliphatic carbocycles. The normalized spacial score (nSPS) is 31.3. The molecule has 2 saturated heterocycles. The van der Waals surface area contributed by atoms with E-state index < -0.39 is 5.60 Å². The Kier molecular flexibility index (Phi) is 4.90. The quantitative estimate of drug-likeness (QED) is 0.578. The summed E-state index contributed by atoms with van der Waals surface area (Å²) in [5, 5.41) is 0. The van der Waals surface area contributed by atoms with Gasteiger partial charge in [-0.05, 0) is 40.0 Å². The Morgan fingerprint density at radius 2 is 1.88 bits per heavy atom. The topological polar surface area (TPSA) is 80.4 Å². The molecule has 0 spiro atoms. The first-order valence-corrected chi connectivity index (χ1v) is 9.01. The third kappa shape index (κ3) is 3.94. The number of nitrogens with two attached hydrogens (primary N) is 1. The molecule has 136 valence electrons. The van der Waals surface area contributed by atoms with Crippen molar-refractivity contribution in [3.63, 3.8) is 0 Å². The molecule has 7 nitrogen and oxygen atoms in total. The molecular formula is C17H30N4O3. The number of hydrogen-bond donors (Lipinski definition) is 1. The standard InChI is InChI=1S/C17H30N4O3/c1-17(2,3)24-16(22)21-8-6-20(7-9-21)15(18)19-13-11-14-12(13)5-4-10-23-14/h12-14H,4-11H2,1-3H3,(H2,18,19)/t12-,13-,14+/m1/s1. The fraction of sp³-hybridized carbons (Fsp3) is 0.882. The number of rotatable bonds is 1. The predicted molar refractivity (Wildman–Crippen MR) is 91.9 cm³/mol. The molecular weight excluding hydrogens is 308 g/mol. The highest BCUT2D eigenvalue weighted by Crippen LogP contribution is 2.39. The minimum absolute atomic E-state index is 0.251. The molecule has 2 heterocycles. The van der Waals surface area contributed by atoms with Gasteiger partial charge in [-0.25, -0.2) is 9.79 Å². The van der Waals surface area contributed by atoms with Gasteiger partial charge in [-0.15, -0.1) is 0 Å². The van der Waals surface area contributed by atoms with Gasteiger partial charge in [-0.3, -0.25) is 0 Å². The number of piperazine rings is 1. The van der Waals surface area contributed by atoms with Gasteiger partial charge < -0.3 is 25.0 Å². The second kappa shape index (κ2) is 6.78. The van der Waals surface area contributed by atoms with Gasteiger partial charge in [-0.1, -0.05) is 0 Å². The van der Waals surface area contributed by atoms with E-state index in [1.807, 2.05) is 20.8 Å². The highest BCUT2D eigenvalue weighted by Gasteiger charge is 2.43. The molecule has 0 aromatic heterocycles. The van der Waals surface area contributed by atoms with E-state index in [1.54, 1.807) is 4.90 Å². The molecule has 0 aromatic rings. The maximum absolute atomic E-state index is 12.1. The lowest BCUT2D eigenvalue weighted by Crippen LogP contribution is -2.55. The number of fused-ring (bicyclic) bond motifs is 1. The fourth-order valence-electron chi connectivity index (χ4n) is 3.61. The summed E-state index contributed by atoms with van der Waals surface area (Å²) in [4.78, 5) is 20.6. The number of nitrogens with zero attached hydrogens (tertiary/aromatic N) is 3. The number of carbonyl (C=O) groups is 1. The van der Waals surface area contributed by atoms with Crippen LogP contribution in [0.4, 0.5) is 4.79 Å². The molecule has 2 aliphatic heterocycles. The van der Waals surface area contributed by atoms with Crippen LogP contribution in [-0.4, -0.2) is 72.4 Å². The Balaban J connectivity index is 1.47. The SMILES string of the molecule is CC(C)(C)OC(=O)N1CCN(C(N)=N[C@@H]2C[C@@H]3OCCC[C@@H]32)CC1. The molecule has 3 aliphatic rings. The molecule has 3 fully saturated rings. The van der Waals surface area contributed by atoms with Crippen molar-refractivity contribution in [1.29, 1.82) is 0 Å². The van der Waals surface area contributed by atoms with Gasteiger partial charge in [0, 0.05) is 38.7 Å². The molecule has 2 N–H and O–H groups in total. The summed E-state index contributed by atoms with van der Waals surface area (Å²) in [5.74, 6) is 1.15. The summed E-state index contributed by atoms with van der Waals surface area (Å²) < 4.78 is 11.1. The van der Waals surface area contributed by atoms with Crippen LogP contribution in [0.5, 0.6) is 0 Å². The van der Waals surface area contributed by atoms with Gasteiger partial charge in [0.05, 0.1) is 12.1 Å². The summed E-state index contributed by atoms with van der Waals surface area (Å²) in [7, 11) is 0. The van der Waals surface area contributed by atoms with Crippen LogP contribution in [0.25, 0.3) is 0 Å². The van der Waals surface area contributed by atoms with Crippen LogP contribution in [0, 0.1) is 5.92 Å². The number of ether oxygens (including phenoxy) is 2. The second-order valence-electron chi connectivity index (χ2n) is 7.96. The Morgan fingerprint density at radius 1 is 1.21 bits per heavy atom. The third-order valence-corrected chi connectivity index (χ3v) is 5.01. The van der Waals surface area contributed by atoms with E-state index in [4.69, 9.17) is 20.2 Å². The minimum Gasteiger partial charge on any atom is -0.444 e. The van der Waals surface area contributed by atoms with Crippen LogP contribution in [0.2, 0.25) is 0 Å². The molecule has 3 rings (SSSR count). The lowest BCUT2D eigenvalue weighted by molar-refractivity contribution is -0.0940. The number of carbonyl (C=O) groups excluding carboxylic acids is 1. The number of aliphatic imine (C=N–C) groups is 1. The van der Waals surface area contributed by atoms with E-state index >= 15 is 0 Å². The molecule has 1 saturated carbocycles. The molecule has 24 heavy (non-hydrogen) atoms. The Bertz CT molecular complexity index is 495. The van der Waals surface area contributed by atoms with E-state index in [-0.39, 0.29) is 6.09 Å². The lowest BCUT2D eigenvalue weighted by Gasteiger charge is -2.46. The minimum atomic E-state index is -0.461. The maximum atomic E-state index is 12.1. The lowest BCUT2D eigenvalue weighted by atomic mass is 9.73. The Hall–Kier alpha value is -1.50. The zero-order valence-electron chi connectivity index (χ0n) is 15.0. The fourth-order valence-corrected chi connectivity index (χ4v) is 3.61. The first-order chi connectivity index (χ1) is 11.3. The van der Waals surface area contributed by atoms with E-state index in [9.17, 15) is 4.79 Å². The zero-order valence-corrected chi connectivity index (χ0v) is 15.0. The van der Waals surface area contributed by atoms with E-state index in [0.717, 1.165) is 19.4 Å². The molecule has 0 bridgehead atoms. The van der Waals surface area contributed by atoms with Crippen molar-refractivity contribution in [3.05, 3.63) is 0 Å². The van der Waals surface area contributed by atoms with Crippen molar-refractivity contribution in [1.82, 2.24) is 9.80 Å². The highest BCUT2D eigenvalue weighted by molar-refractivity contribution is 5.79. The van der Waals surface area contributed by atoms with Crippen molar-refractivity contribution in [3.8, 4) is 0 Å². The van der Waals surface area contributed by atoms with Crippen LogP contribution in [0.3, 0.4) is 0 Å². The average molecular weight is 338 g/mol. The molecule has 7 heteroatoms. The predicted octanol–water partition coefficient (Wildman–Crippen LogP) is 1.42. The van der Waals surface area contributed by atoms with Gasteiger partial charge in [0.15, 0.2) is 5.96 Å². The average Bonchev–Trinajstić information content (AvgIpc) is 2.51. The molecule has 1 amide bonds. The summed E-state index contributed by atoms with van der Waals surface area (Å²) in [6.45, 7) is 9.17. The Morgan fingerprint density at radius 3 is 2.50 bits per heavy atom. The summed E-state index contributed by atoms with van der Waals surface area (Å²) in [6.07, 6.45) is 3.45. The first-order valence-electron chi connectivity index (χ1n) is 9.01. The van der Waals surface area contributed by atoms with Crippen molar-refractivity contribution >= 4 is 12.1 Å². The van der Waals surface area contributed by atoms with Gasteiger partial charge in [0.2, 0.25) is 0 Å². The second-order valence-corrected chi connectivity index (χ2v) is 7.96. The van der Waals surface area contributed by atoms with Crippen LogP contribution < -0.4 is 5.73 Å². The monoisotopic (exact) mass is 338 g/mol. The van der Waals surface area contributed by atoms with Gasteiger partial charge >= 0.3 is 6.09 Å². The molecule has 3 atom stereocenters. The zero-order chi connectivity index (χ0) is 17.3. The number of hydrogen-bond acceptors (Lipinski definition) is 4. The van der Waals surface area contributed by atoms with Crippen molar-refractivity contribution in [2.75, 3.05) is 32.8 Å². The van der Waals surface area contributed by atoms with Gasteiger partial charge in [0.1, 0.15) is 5.60 Å². The van der Waals surface area contributed by atoms with Crippen LogP contribution >= 0.6 is 0 Å². The van der Waals surface area contributed by atoms with E-state index in [0.29, 0.717) is 50.2 Å². The molecule has 0 radical (unpaired) electrons.